The third-order valence-electron chi connectivity index (χ3n) is 3.51. The van der Waals surface area contributed by atoms with Crippen molar-refractivity contribution in [2.75, 3.05) is 20.2 Å². The Morgan fingerprint density at radius 2 is 2.00 bits per heavy atom. The van der Waals surface area contributed by atoms with Gasteiger partial charge in [-0.2, -0.15) is 0 Å². The van der Waals surface area contributed by atoms with Gasteiger partial charge in [0.2, 0.25) is 0 Å². The molecular formula is C14H22N2O. The van der Waals surface area contributed by atoms with Crippen LogP contribution in [0.15, 0.2) is 24.3 Å². The van der Waals surface area contributed by atoms with Crippen molar-refractivity contribution in [3.05, 3.63) is 29.8 Å². The van der Waals surface area contributed by atoms with Crippen molar-refractivity contribution < 1.29 is 4.74 Å². The highest BCUT2D eigenvalue weighted by atomic mass is 16.5. The average molecular weight is 234 g/mol. The predicted molar refractivity (Wildman–Crippen MR) is 70.3 cm³/mol. The van der Waals surface area contributed by atoms with Gasteiger partial charge in [0.1, 0.15) is 5.75 Å². The summed E-state index contributed by atoms with van der Waals surface area (Å²) in [5.74, 6) is 0.943. The molecule has 0 bridgehead atoms. The topological polar surface area (TPSA) is 24.5 Å². The monoisotopic (exact) mass is 234 g/mol. The van der Waals surface area contributed by atoms with Gasteiger partial charge in [0.15, 0.2) is 0 Å². The van der Waals surface area contributed by atoms with E-state index in [1.54, 1.807) is 7.11 Å². The van der Waals surface area contributed by atoms with Crippen LogP contribution < -0.4 is 10.1 Å². The molecule has 1 N–H and O–H groups in total. The van der Waals surface area contributed by atoms with Gasteiger partial charge in [0.05, 0.1) is 7.11 Å². The highest BCUT2D eigenvalue weighted by Crippen LogP contribution is 2.18. The summed E-state index contributed by atoms with van der Waals surface area (Å²) in [6.45, 7) is 7.72. The molecule has 1 fully saturated rings. The molecule has 94 valence electrons. The van der Waals surface area contributed by atoms with Crippen LogP contribution in [0.2, 0.25) is 0 Å². The molecule has 3 nitrogen and oxygen atoms in total. The summed E-state index contributed by atoms with van der Waals surface area (Å²) in [6, 6.07) is 9.53. The van der Waals surface area contributed by atoms with E-state index in [0.29, 0.717) is 12.1 Å². The van der Waals surface area contributed by atoms with Crippen LogP contribution >= 0.6 is 0 Å². The Morgan fingerprint density at radius 3 is 2.65 bits per heavy atom. The lowest BCUT2D eigenvalue weighted by Crippen LogP contribution is -2.54. The lowest BCUT2D eigenvalue weighted by atomic mass is 10.1. The lowest BCUT2D eigenvalue weighted by molar-refractivity contribution is 0.108. The molecule has 0 spiro atoms. The molecule has 1 heterocycles. The van der Waals surface area contributed by atoms with Gasteiger partial charge in [-0.15, -0.1) is 0 Å². The Bertz CT molecular complexity index is 357. The molecule has 1 saturated heterocycles. The second-order valence-corrected chi connectivity index (χ2v) is 4.88. The number of nitrogens with zero attached hydrogens (tertiary/aromatic N) is 1. The van der Waals surface area contributed by atoms with Crippen LogP contribution in [0.3, 0.4) is 0 Å². The Kier molecular flexibility index (Phi) is 4.02. The second kappa shape index (κ2) is 5.52. The van der Waals surface area contributed by atoms with Crippen LogP contribution in [-0.4, -0.2) is 37.2 Å². The molecule has 2 atom stereocenters. The van der Waals surface area contributed by atoms with Crippen LogP contribution in [0.4, 0.5) is 0 Å². The van der Waals surface area contributed by atoms with Gasteiger partial charge in [-0.05, 0) is 31.5 Å². The molecular weight excluding hydrogens is 212 g/mol. The maximum atomic E-state index is 5.27. The minimum absolute atomic E-state index is 0.588. The summed E-state index contributed by atoms with van der Waals surface area (Å²) in [4.78, 5) is 2.55. The average Bonchev–Trinajstić information content (AvgIpc) is 2.34. The van der Waals surface area contributed by atoms with E-state index in [2.05, 4.69) is 42.3 Å². The molecule has 2 rings (SSSR count). The summed E-state index contributed by atoms with van der Waals surface area (Å²) in [5.41, 5.74) is 1.32. The van der Waals surface area contributed by atoms with E-state index >= 15 is 0 Å². The van der Waals surface area contributed by atoms with E-state index in [9.17, 15) is 0 Å². The fourth-order valence-corrected chi connectivity index (χ4v) is 2.46. The van der Waals surface area contributed by atoms with Crippen LogP contribution in [0.5, 0.6) is 5.75 Å². The standard InChI is InChI=1S/C14H22N2O/c1-11-8-15-9-12(2)16(11)10-13-5-4-6-14(7-13)17-3/h4-7,11-12,15H,8-10H2,1-3H3. The van der Waals surface area contributed by atoms with Gasteiger partial charge in [-0.25, -0.2) is 0 Å². The van der Waals surface area contributed by atoms with Crippen LogP contribution in [0.1, 0.15) is 19.4 Å². The molecule has 17 heavy (non-hydrogen) atoms. The highest BCUT2D eigenvalue weighted by Gasteiger charge is 2.24. The number of rotatable bonds is 3. The maximum Gasteiger partial charge on any atom is 0.119 e. The third kappa shape index (κ3) is 2.99. The van der Waals surface area contributed by atoms with Gasteiger partial charge >= 0.3 is 0 Å². The summed E-state index contributed by atoms with van der Waals surface area (Å²) < 4.78 is 5.27. The molecule has 1 aromatic rings. The van der Waals surface area contributed by atoms with E-state index in [4.69, 9.17) is 4.74 Å². The van der Waals surface area contributed by atoms with Gasteiger partial charge in [-0.1, -0.05) is 12.1 Å². The number of methoxy groups -OCH3 is 1. The molecule has 1 aliphatic rings. The van der Waals surface area contributed by atoms with E-state index in [1.807, 2.05) is 6.07 Å². The normalized spacial score (nSPS) is 25.8. The predicted octanol–water partition coefficient (Wildman–Crippen LogP) is 1.88. The zero-order chi connectivity index (χ0) is 12.3. The van der Waals surface area contributed by atoms with Crippen LogP contribution in [0, 0.1) is 0 Å². The van der Waals surface area contributed by atoms with Crippen molar-refractivity contribution >= 4 is 0 Å². The van der Waals surface area contributed by atoms with Crippen molar-refractivity contribution in [1.82, 2.24) is 10.2 Å². The first kappa shape index (κ1) is 12.4. The molecule has 0 aromatic heterocycles. The molecule has 0 aliphatic carbocycles. The van der Waals surface area contributed by atoms with Crippen LogP contribution in [-0.2, 0) is 6.54 Å². The summed E-state index contributed by atoms with van der Waals surface area (Å²) >= 11 is 0. The zero-order valence-corrected chi connectivity index (χ0v) is 10.9. The van der Waals surface area contributed by atoms with E-state index < -0.39 is 0 Å². The molecule has 1 aliphatic heterocycles. The number of ether oxygens (including phenoxy) is 1. The molecule has 0 radical (unpaired) electrons. The lowest BCUT2D eigenvalue weighted by Gasteiger charge is -2.39. The van der Waals surface area contributed by atoms with Gasteiger partial charge < -0.3 is 10.1 Å². The fourth-order valence-electron chi connectivity index (χ4n) is 2.46. The van der Waals surface area contributed by atoms with Gasteiger partial charge in [0, 0.05) is 31.7 Å². The molecule has 0 amide bonds. The zero-order valence-electron chi connectivity index (χ0n) is 10.9. The second-order valence-electron chi connectivity index (χ2n) is 4.88. The Morgan fingerprint density at radius 1 is 1.29 bits per heavy atom. The minimum atomic E-state index is 0.588. The van der Waals surface area contributed by atoms with Crippen molar-refractivity contribution in [3.8, 4) is 5.75 Å². The van der Waals surface area contributed by atoms with Crippen molar-refractivity contribution in [3.63, 3.8) is 0 Å². The molecule has 0 saturated carbocycles. The Balaban J connectivity index is 2.07. The first-order chi connectivity index (χ1) is 8.20. The van der Waals surface area contributed by atoms with Crippen LogP contribution in [0.25, 0.3) is 0 Å². The summed E-state index contributed by atoms with van der Waals surface area (Å²) in [5, 5.41) is 3.46. The highest BCUT2D eigenvalue weighted by molar-refractivity contribution is 5.28. The summed E-state index contributed by atoms with van der Waals surface area (Å²) in [6.07, 6.45) is 0. The van der Waals surface area contributed by atoms with E-state index in [0.717, 1.165) is 25.4 Å². The van der Waals surface area contributed by atoms with Crippen molar-refractivity contribution in [2.24, 2.45) is 0 Å². The number of hydrogen-bond acceptors (Lipinski definition) is 3. The summed E-state index contributed by atoms with van der Waals surface area (Å²) in [7, 11) is 1.72. The van der Waals surface area contributed by atoms with Crippen molar-refractivity contribution in [1.29, 1.82) is 0 Å². The smallest absolute Gasteiger partial charge is 0.119 e. The number of piperazine rings is 1. The van der Waals surface area contributed by atoms with Gasteiger partial charge in [-0.3, -0.25) is 4.90 Å². The fraction of sp³-hybridized carbons (Fsp3) is 0.571. The van der Waals surface area contributed by atoms with Gasteiger partial charge in [0.25, 0.3) is 0 Å². The van der Waals surface area contributed by atoms with E-state index in [1.165, 1.54) is 5.56 Å². The third-order valence-corrected chi connectivity index (χ3v) is 3.51. The quantitative estimate of drug-likeness (QED) is 0.864. The number of benzene rings is 1. The van der Waals surface area contributed by atoms with E-state index in [-0.39, 0.29) is 0 Å². The first-order valence-electron chi connectivity index (χ1n) is 6.30. The number of hydrogen-bond donors (Lipinski definition) is 1. The molecule has 1 aromatic carbocycles. The molecule has 2 unspecified atom stereocenters. The maximum absolute atomic E-state index is 5.27. The minimum Gasteiger partial charge on any atom is -0.497 e. The number of nitrogens with one attached hydrogen (secondary N) is 1. The SMILES string of the molecule is COc1cccc(CN2C(C)CNCC2C)c1. The van der Waals surface area contributed by atoms with Crippen molar-refractivity contribution in [2.45, 2.75) is 32.5 Å². The largest absolute Gasteiger partial charge is 0.497 e. The Hall–Kier alpha value is -1.06. The molecule has 3 heteroatoms. The Labute approximate surface area is 104 Å². The first-order valence-corrected chi connectivity index (χ1v) is 6.30.